The van der Waals surface area contributed by atoms with Gasteiger partial charge in [-0.15, -0.1) is 0 Å². The number of hydrogen-bond acceptors (Lipinski definition) is 10. The van der Waals surface area contributed by atoms with Crippen molar-refractivity contribution in [3.8, 4) is 17.1 Å². The lowest BCUT2D eigenvalue weighted by Crippen LogP contribution is -2.39. The molecule has 1 aliphatic heterocycles. The quantitative estimate of drug-likeness (QED) is 0.191. The summed E-state index contributed by atoms with van der Waals surface area (Å²) < 4.78 is 7.79. The molecule has 230 valence electrons. The highest BCUT2D eigenvalue weighted by Crippen LogP contribution is 2.33. The fourth-order valence-electron chi connectivity index (χ4n) is 5.35. The van der Waals surface area contributed by atoms with Crippen LogP contribution in [0.2, 0.25) is 0 Å². The number of para-hydroxylation sites is 1. The molecule has 1 atom stereocenters. The summed E-state index contributed by atoms with van der Waals surface area (Å²) in [6.07, 6.45) is 7.80. The Morgan fingerprint density at radius 1 is 1.07 bits per heavy atom. The Morgan fingerprint density at radius 3 is 2.73 bits per heavy atom. The summed E-state index contributed by atoms with van der Waals surface area (Å²) in [4.78, 5) is 48.8. The number of aromatic nitrogens is 7. The Balaban J connectivity index is 1.03. The summed E-state index contributed by atoms with van der Waals surface area (Å²) in [5.74, 6) is 0.719. The summed E-state index contributed by atoms with van der Waals surface area (Å²) in [5.41, 5.74) is 4.63. The summed E-state index contributed by atoms with van der Waals surface area (Å²) in [5, 5.41) is 14.5. The number of amides is 2. The molecule has 4 aromatic heterocycles. The van der Waals surface area contributed by atoms with Crippen molar-refractivity contribution in [2.24, 2.45) is 7.05 Å². The first-order chi connectivity index (χ1) is 21.8. The van der Waals surface area contributed by atoms with Crippen molar-refractivity contribution >= 4 is 46.1 Å². The van der Waals surface area contributed by atoms with Gasteiger partial charge in [-0.25, -0.2) is 15.0 Å². The summed E-state index contributed by atoms with van der Waals surface area (Å²) in [7, 11) is 1.87. The number of ether oxygens (including phenoxy) is 1. The molecule has 2 aliphatic rings. The lowest BCUT2D eigenvalue weighted by molar-refractivity contribution is -0.142. The zero-order valence-corrected chi connectivity index (χ0v) is 25.2. The minimum absolute atomic E-state index is 0.267. The maximum atomic E-state index is 13.1. The van der Waals surface area contributed by atoms with E-state index in [1.54, 1.807) is 29.2 Å². The fraction of sp³-hybridized carbons (Fsp3) is 0.323. The molecule has 14 heteroatoms. The van der Waals surface area contributed by atoms with Gasteiger partial charge in [0, 0.05) is 73.4 Å². The Morgan fingerprint density at radius 2 is 1.93 bits per heavy atom. The average molecular weight is 608 g/mol. The Hall–Kier alpha value is -5.53. The van der Waals surface area contributed by atoms with E-state index in [4.69, 9.17) is 9.72 Å². The van der Waals surface area contributed by atoms with Crippen LogP contribution in [-0.4, -0.2) is 76.6 Å². The number of nitrogens with zero attached hydrogens (tertiary/aromatic N) is 7. The highest BCUT2D eigenvalue weighted by atomic mass is 16.5. The van der Waals surface area contributed by atoms with Crippen molar-refractivity contribution in [2.75, 3.05) is 29.0 Å². The van der Waals surface area contributed by atoms with E-state index in [-0.39, 0.29) is 6.10 Å². The molecule has 2 fully saturated rings. The molecule has 0 spiro atoms. The van der Waals surface area contributed by atoms with Crippen LogP contribution in [0, 0.1) is 13.8 Å². The highest BCUT2D eigenvalue weighted by molar-refractivity contribution is 6.40. The number of benzene rings is 1. The van der Waals surface area contributed by atoms with Crippen molar-refractivity contribution in [1.82, 2.24) is 39.6 Å². The van der Waals surface area contributed by atoms with Crippen molar-refractivity contribution < 1.29 is 14.3 Å². The van der Waals surface area contributed by atoms with Crippen LogP contribution in [0.4, 0.5) is 23.4 Å². The van der Waals surface area contributed by atoms with E-state index in [0.717, 1.165) is 40.7 Å². The standard InChI is InChI=1S/C31H33N11O3/c1-17-14-34-31(37-24-13-18(2)41(3)40-24)39-26(17)22-15-33-27-21(22)5-4-6-23(27)36-28(43)29(44)42-12-10-20(16-42)45-25-9-11-32-30(38-25)35-19-7-8-19/h4-6,9,11,13-15,19-20,33H,7-8,10,12,16H2,1-3H3,(H,36,43)(H,32,35,38)(H,34,37,39,40). The first-order valence-corrected chi connectivity index (χ1v) is 14.9. The third kappa shape index (κ3) is 5.98. The SMILES string of the molecule is Cc1cnc(Nc2cc(C)n(C)n2)nc1-c1c[nH]c2c(NC(=O)C(=O)N3CCC(Oc4ccnc(NC5CC5)n4)C3)cccc12. The van der Waals surface area contributed by atoms with Crippen LogP contribution in [-0.2, 0) is 16.6 Å². The first-order valence-electron chi connectivity index (χ1n) is 14.9. The van der Waals surface area contributed by atoms with E-state index in [9.17, 15) is 9.59 Å². The number of rotatable bonds is 8. The summed E-state index contributed by atoms with van der Waals surface area (Å²) in [6.45, 7) is 4.61. The Bertz CT molecular complexity index is 1890. The van der Waals surface area contributed by atoms with Gasteiger partial charge in [-0.1, -0.05) is 12.1 Å². The average Bonchev–Trinajstić information content (AvgIpc) is 3.39. The predicted molar refractivity (Wildman–Crippen MR) is 168 cm³/mol. The Kier molecular flexibility index (Phi) is 7.23. The number of hydrogen-bond donors (Lipinski definition) is 4. The van der Waals surface area contributed by atoms with Gasteiger partial charge in [0.25, 0.3) is 0 Å². The Labute approximate surface area is 258 Å². The van der Waals surface area contributed by atoms with E-state index in [2.05, 4.69) is 41.0 Å². The molecule has 1 saturated heterocycles. The number of fused-ring (bicyclic) bond motifs is 1. The predicted octanol–water partition coefficient (Wildman–Crippen LogP) is 3.70. The van der Waals surface area contributed by atoms with Crippen LogP contribution in [0.5, 0.6) is 5.88 Å². The molecule has 4 N–H and O–H groups in total. The van der Waals surface area contributed by atoms with E-state index < -0.39 is 11.8 Å². The lowest BCUT2D eigenvalue weighted by Gasteiger charge is -2.17. The van der Waals surface area contributed by atoms with Crippen molar-refractivity contribution in [3.05, 3.63) is 60.2 Å². The second-order valence-electron chi connectivity index (χ2n) is 11.4. The van der Waals surface area contributed by atoms with Crippen LogP contribution in [0.1, 0.15) is 30.5 Å². The molecule has 14 nitrogen and oxygen atoms in total. The highest BCUT2D eigenvalue weighted by Gasteiger charge is 2.32. The normalized spacial score (nSPS) is 16.2. The number of anilines is 4. The molecule has 5 heterocycles. The topological polar surface area (TPSA) is 168 Å². The van der Waals surface area contributed by atoms with Gasteiger partial charge in [0.15, 0.2) is 5.82 Å². The van der Waals surface area contributed by atoms with Gasteiger partial charge in [0.1, 0.15) is 6.10 Å². The molecule has 0 radical (unpaired) electrons. The molecule has 1 aliphatic carbocycles. The molecule has 1 unspecified atom stereocenters. The van der Waals surface area contributed by atoms with Gasteiger partial charge in [-0.3, -0.25) is 14.3 Å². The lowest BCUT2D eigenvalue weighted by atomic mass is 10.1. The second-order valence-corrected chi connectivity index (χ2v) is 11.4. The minimum atomic E-state index is -0.715. The van der Waals surface area contributed by atoms with Gasteiger partial charge < -0.3 is 30.6 Å². The van der Waals surface area contributed by atoms with Crippen molar-refractivity contribution in [1.29, 1.82) is 0 Å². The number of carbonyl (C=O) groups excluding carboxylic acids is 2. The number of H-pyrrole nitrogens is 1. The summed E-state index contributed by atoms with van der Waals surface area (Å²) in [6, 6.07) is 9.57. The maximum absolute atomic E-state index is 13.1. The molecule has 2 amide bonds. The van der Waals surface area contributed by atoms with E-state index in [1.165, 1.54) is 4.90 Å². The third-order valence-electron chi connectivity index (χ3n) is 8.00. The third-order valence-corrected chi connectivity index (χ3v) is 8.00. The monoisotopic (exact) mass is 607 g/mol. The van der Waals surface area contributed by atoms with Crippen molar-refractivity contribution in [3.63, 3.8) is 0 Å². The summed E-state index contributed by atoms with van der Waals surface area (Å²) >= 11 is 0. The van der Waals surface area contributed by atoms with E-state index >= 15 is 0 Å². The number of nitrogens with one attached hydrogen (secondary N) is 4. The van der Waals surface area contributed by atoms with Gasteiger partial charge >= 0.3 is 11.8 Å². The largest absolute Gasteiger partial charge is 0.472 e. The molecule has 7 rings (SSSR count). The van der Waals surface area contributed by atoms with Crippen molar-refractivity contribution in [2.45, 2.75) is 45.3 Å². The molecular weight excluding hydrogens is 574 g/mol. The molecule has 0 bridgehead atoms. The van der Waals surface area contributed by atoms with Gasteiger partial charge in [0.2, 0.25) is 17.8 Å². The first kappa shape index (κ1) is 28.3. The maximum Gasteiger partial charge on any atom is 0.313 e. The fourth-order valence-corrected chi connectivity index (χ4v) is 5.35. The minimum Gasteiger partial charge on any atom is -0.472 e. The van der Waals surface area contributed by atoms with Crippen LogP contribution in [0.3, 0.4) is 0 Å². The van der Waals surface area contributed by atoms with Gasteiger partial charge in [-0.2, -0.15) is 10.1 Å². The number of aryl methyl sites for hydroxylation is 3. The van der Waals surface area contributed by atoms with Crippen LogP contribution >= 0.6 is 0 Å². The molecular formula is C31H33N11O3. The molecule has 1 saturated carbocycles. The van der Waals surface area contributed by atoms with Crippen LogP contribution in [0.25, 0.3) is 22.2 Å². The van der Waals surface area contributed by atoms with Gasteiger partial charge in [-0.05, 0) is 38.3 Å². The van der Waals surface area contributed by atoms with Gasteiger partial charge in [0.05, 0.1) is 23.4 Å². The number of aromatic amines is 1. The zero-order valence-electron chi connectivity index (χ0n) is 25.2. The number of carbonyl (C=O) groups is 2. The van der Waals surface area contributed by atoms with Crippen LogP contribution < -0.4 is 20.7 Å². The second kappa shape index (κ2) is 11.5. The molecule has 5 aromatic rings. The number of likely N-dealkylation sites (tertiary alicyclic amines) is 1. The molecule has 45 heavy (non-hydrogen) atoms. The molecule has 1 aromatic carbocycles. The van der Waals surface area contributed by atoms with E-state index in [0.29, 0.717) is 60.4 Å². The van der Waals surface area contributed by atoms with E-state index in [1.807, 2.05) is 45.3 Å². The smallest absolute Gasteiger partial charge is 0.313 e. The van der Waals surface area contributed by atoms with Crippen LogP contribution in [0.15, 0.2) is 48.9 Å². The zero-order chi connectivity index (χ0) is 31.1.